The molecular weight excluding hydrogens is 244 g/mol. The topological polar surface area (TPSA) is 60.9 Å². The smallest absolute Gasteiger partial charge is 0.228 e. The minimum atomic E-state index is -0.434. The van der Waals surface area contributed by atoms with E-state index in [1.807, 2.05) is 20.8 Å². The summed E-state index contributed by atoms with van der Waals surface area (Å²) in [7, 11) is 0. The van der Waals surface area contributed by atoms with E-state index >= 15 is 0 Å². The third kappa shape index (κ3) is 2.91. The third-order valence-corrected chi connectivity index (χ3v) is 4.36. The normalized spacial score (nSPS) is 32.3. The van der Waals surface area contributed by atoms with Gasteiger partial charge < -0.3 is 14.9 Å². The summed E-state index contributed by atoms with van der Waals surface area (Å²) in [5, 5.41) is 9.86. The van der Waals surface area contributed by atoms with Gasteiger partial charge in [-0.15, -0.1) is 0 Å². The minimum absolute atomic E-state index is 0.0300. The third-order valence-electron chi connectivity index (χ3n) is 4.36. The summed E-state index contributed by atoms with van der Waals surface area (Å²) in [4.78, 5) is 27.7. The van der Waals surface area contributed by atoms with Crippen LogP contribution in [0.5, 0.6) is 0 Å². The van der Waals surface area contributed by atoms with Crippen LogP contribution in [0.4, 0.5) is 0 Å². The molecular formula is C14H24N2O3. The van der Waals surface area contributed by atoms with Gasteiger partial charge in [0.05, 0.1) is 12.0 Å². The van der Waals surface area contributed by atoms with E-state index in [4.69, 9.17) is 0 Å². The van der Waals surface area contributed by atoms with Crippen LogP contribution >= 0.6 is 0 Å². The second kappa shape index (κ2) is 5.49. The summed E-state index contributed by atoms with van der Waals surface area (Å²) in [6.45, 7) is 7.58. The highest BCUT2D eigenvalue weighted by molar-refractivity contribution is 5.89. The van der Waals surface area contributed by atoms with E-state index in [0.717, 1.165) is 6.42 Å². The van der Waals surface area contributed by atoms with Gasteiger partial charge in [0.25, 0.3) is 0 Å². The van der Waals surface area contributed by atoms with Gasteiger partial charge in [-0.1, -0.05) is 6.92 Å². The number of piperidine rings is 1. The van der Waals surface area contributed by atoms with Crippen molar-refractivity contribution >= 4 is 11.8 Å². The number of hydrogen-bond acceptors (Lipinski definition) is 3. The number of likely N-dealkylation sites (tertiary alicyclic amines) is 2. The summed E-state index contributed by atoms with van der Waals surface area (Å²) >= 11 is 0. The van der Waals surface area contributed by atoms with Gasteiger partial charge in [0.1, 0.15) is 0 Å². The van der Waals surface area contributed by atoms with Crippen LogP contribution < -0.4 is 0 Å². The predicted octanol–water partition coefficient (Wildman–Crippen LogP) is 0.473. The molecule has 19 heavy (non-hydrogen) atoms. The Bertz CT molecular complexity index is 370. The first kappa shape index (κ1) is 14.3. The van der Waals surface area contributed by atoms with Crippen molar-refractivity contribution in [1.82, 2.24) is 9.80 Å². The molecule has 2 fully saturated rings. The molecule has 0 saturated carbocycles. The fraction of sp³-hybridized carbons (Fsp3) is 0.857. The Hall–Kier alpha value is -1.10. The molecule has 0 aromatic carbocycles. The highest BCUT2D eigenvalue weighted by atomic mass is 16.3. The first-order valence-electron chi connectivity index (χ1n) is 7.16. The van der Waals surface area contributed by atoms with Crippen molar-refractivity contribution in [3.8, 4) is 0 Å². The number of β-amino-alcohol motifs (C(OH)–C–C–N with tert-alkyl or cyclic N) is 1. The summed E-state index contributed by atoms with van der Waals surface area (Å²) < 4.78 is 0. The number of aliphatic hydroxyl groups is 1. The molecule has 0 radical (unpaired) electrons. The van der Waals surface area contributed by atoms with E-state index < -0.39 is 6.10 Å². The van der Waals surface area contributed by atoms with Crippen molar-refractivity contribution in [2.45, 2.75) is 45.8 Å². The Morgan fingerprint density at radius 3 is 2.58 bits per heavy atom. The number of aliphatic hydroxyl groups excluding tert-OH is 1. The summed E-state index contributed by atoms with van der Waals surface area (Å²) in [5.74, 6) is 0.124. The summed E-state index contributed by atoms with van der Waals surface area (Å²) in [6.07, 6.45) is 0.719. The average molecular weight is 268 g/mol. The first-order chi connectivity index (χ1) is 8.90. The standard InChI is InChI=1S/C14H24N2O3/c1-9(2)16-7-11(6-13(16)18)14(19)15-5-4-10(3)12(17)8-15/h9-12,17H,4-8H2,1-3H3. The van der Waals surface area contributed by atoms with Crippen LogP contribution in [0.3, 0.4) is 0 Å². The Kier molecular flexibility index (Phi) is 4.13. The average Bonchev–Trinajstić information content (AvgIpc) is 2.74. The molecule has 5 heteroatoms. The molecule has 0 spiro atoms. The zero-order chi connectivity index (χ0) is 14.2. The number of carbonyl (C=O) groups excluding carboxylic acids is 2. The van der Waals surface area contributed by atoms with E-state index in [1.54, 1.807) is 9.80 Å². The fourth-order valence-electron chi connectivity index (χ4n) is 2.90. The lowest BCUT2D eigenvalue weighted by Gasteiger charge is -2.35. The molecule has 2 aliphatic heterocycles. The van der Waals surface area contributed by atoms with Crippen molar-refractivity contribution in [3.05, 3.63) is 0 Å². The molecule has 1 N–H and O–H groups in total. The van der Waals surface area contributed by atoms with E-state index in [0.29, 0.717) is 26.1 Å². The van der Waals surface area contributed by atoms with Gasteiger partial charge in [0, 0.05) is 32.1 Å². The highest BCUT2D eigenvalue weighted by Crippen LogP contribution is 2.25. The van der Waals surface area contributed by atoms with Crippen molar-refractivity contribution in [2.75, 3.05) is 19.6 Å². The molecule has 3 atom stereocenters. The van der Waals surface area contributed by atoms with Crippen molar-refractivity contribution < 1.29 is 14.7 Å². The zero-order valence-corrected chi connectivity index (χ0v) is 12.0. The molecule has 2 saturated heterocycles. The number of amides is 2. The number of hydrogen-bond donors (Lipinski definition) is 1. The fourth-order valence-corrected chi connectivity index (χ4v) is 2.90. The largest absolute Gasteiger partial charge is 0.391 e. The maximum absolute atomic E-state index is 12.4. The minimum Gasteiger partial charge on any atom is -0.391 e. The van der Waals surface area contributed by atoms with Crippen LogP contribution in [-0.2, 0) is 9.59 Å². The van der Waals surface area contributed by atoms with Crippen LogP contribution in [-0.4, -0.2) is 58.5 Å². The Morgan fingerprint density at radius 1 is 1.37 bits per heavy atom. The maximum atomic E-state index is 12.4. The molecule has 3 unspecified atom stereocenters. The number of nitrogens with zero attached hydrogens (tertiary/aromatic N) is 2. The van der Waals surface area contributed by atoms with Gasteiger partial charge in [-0.2, -0.15) is 0 Å². The van der Waals surface area contributed by atoms with E-state index in [-0.39, 0.29) is 29.7 Å². The first-order valence-corrected chi connectivity index (χ1v) is 7.16. The maximum Gasteiger partial charge on any atom is 0.228 e. The lowest BCUT2D eigenvalue weighted by molar-refractivity contribution is -0.139. The Labute approximate surface area is 114 Å². The second-order valence-corrected chi connectivity index (χ2v) is 6.16. The Balaban J connectivity index is 1.96. The molecule has 0 aliphatic carbocycles. The second-order valence-electron chi connectivity index (χ2n) is 6.16. The number of carbonyl (C=O) groups is 2. The lowest BCUT2D eigenvalue weighted by Crippen LogP contribution is -2.48. The molecule has 5 nitrogen and oxygen atoms in total. The molecule has 2 aliphatic rings. The molecule has 0 bridgehead atoms. The SMILES string of the molecule is CC1CCN(C(=O)C2CC(=O)N(C(C)C)C2)CC1O. The molecule has 2 heterocycles. The van der Waals surface area contributed by atoms with Crippen molar-refractivity contribution in [2.24, 2.45) is 11.8 Å². The van der Waals surface area contributed by atoms with Gasteiger partial charge in [-0.3, -0.25) is 9.59 Å². The van der Waals surface area contributed by atoms with Crippen LogP contribution in [0.2, 0.25) is 0 Å². The molecule has 0 aromatic heterocycles. The van der Waals surface area contributed by atoms with Gasteiger partial charge >= 0.3 is 0 Å². The summed E-state index contributed by atoms with van der Waals surface area (Å²) in [6, 6.07) is 0.150. The lowest BCUT2D eigenvalue weighted by atomic mass is 9.94. The van der Waals surface area contributed by atoms with E-state index in [1.165, 1.54) is 0 Å². The molecule has 2 amide bonds. The molecule has 2 rings (SSSR count). The quantitative estimate of drug-likeness (QED) is 0.792. The van der Waals surface area contributed by atoms with Gasteiger partial charge in [0.15, 0.2) is 0 Å². The zero-order valence-electron chi connectivity index (χ0n) is 12.0. The van der Waals surface area contributed by atoms with Crippen molar-refractivity contribution in [1.29, 1.82) is 0 Å². The van der Waals surface area contributed by atoms with Crippen LogP contribution in [0.25, 0.3) is 0 Å². The number of rotatable bonds is 2. The van der Waals surface area contributed by atoms with Crippen LogP contribution in [0.15, 0.2) is 0 Å². The molecule has 0 aromatic rings. The van der Waals surface area contributed by atoms with Gasteiger partial charge in [-0.25, -0.2) is 0 Å². The monoisotopic (exact) mass is 268 g/mol. The van der Waals surface area contributed by atoms with E-state index in [2.05, 4.69) is 0 Å². The molecule has 108 valence electrons. The van der Waals surface area contributed by atoms with Crippen LogP contribution in [0.1, 0.15) is 33.6 Å². The van der Waals surface area contributed by atoms with Gasteiger partial charge in [0.2, 0.25) is 11.8 Å². The highest BCUT2D eigenvalue weighted by Gasteiger charge is 2.39. The predicted molar refractivity (Wildman–Crippen MR) is 71.3 cm³/mol. The Morgan fingerprint density at radius 2 is 2.05 bits per heavy atom. The summed E-state index contributed by atoms with van der Waals surface area (Å²) in [5.41, 5.74) is 0. The van der Waals surface area contributed by atoms with Crippen molar-refractivity contribution in [3.63, 3.8) is 0 Å². The van der Waals surface area contributed by atoms with Gasteiger partial charge in [-0.05, 0) is 26.2 Å². The van der Waals surface area contributed by atoms with Crippen LogP contribution in [0, 0.1) is 11.8 Å². The van der Waals surface area contributed by atoms with E-state index in [9.17, 15) is 14.7 Å².